The van der Waals surface area contributed by atoms with Crippen LogP contribution in [-0.2, 0) is 48.2 Å². The third kappa shape index (κ3) is 12.8. The van der Waals surface area contributed by atoms with Crippen molar-refractivity contribution in [2.45, 2.75) is 105 Å². The lowest BCUT2D eigenvalue weighted by atomic mass is 9.87. The molecule has 0 fully saturated rings. The minimum Gasteiger partial charge on any atom is -0.480 e. The zero-order chi connectivity index (χ0) is 38.5. The van der Waals surface area contributed by atoms with Gasteiger partial charge in [0, 0.05) is 24.9 Å². The minimum absolute atomic E-state index is 0.00129. The molecule has 0 saturated carbocycles. The highest BCUT2D eigenvalue weighted by atomic mass is 16.6. The maximum atomic E-state index is 13.3. The van der Waals surface area contributed by atoms with Crippen molar-refractivity contribution in [2.75, 3.05) is 13.7 Å². The highest BCUT2D eigenvalue weighted by molar-refractivity contribution is 5.81. The van der Waals surface area contributed by atoms with Crippen molar-refractivity contribution in [1.82, 2.24) is 15.5 Å². The summed E-state index contributed by atoms with van der Waals surface area (Å²) < 4.78 is 21.3. The number of carbonyl (C=O) groups excluding carboxylic acids is 4. The van der Waals surface area contributed by atoms with Crippen LogP contribution in [0.4, 0.5) is 14.4 Å². The van der Waals surface area contributed by atoms with E-state index in [-0.39, 0.29) is 19.6 Å². The van der Waals surface area contributed by atoms with Gasteiger partial charge in [-0.15, -0.1) is 0 Å². The van der Waals surface area contributed by atoms with Crippen LogP contribution in [0.5, 0.6) is 0 Å². The fraction of sp³-hybridized carbons (Fsp3) is 0.513. The third-order valence-electron chi connectivity index (χ3n) is 8.57. The summed E-state index contributed by atoms with van der Waals surface area (Å²) in [5.41, 5.74) is 2.35. The van der Waals surface area contributed by atoms with E-state index in [0.717, 1.165) is 22.3 Å². The standard InChI is InChI=1S/C39H51N3O10/c1-8-29(21-31(34(45)49-7)40-35(46)50-24-26-15-10-9-11-16-26)52-37(48)42-22-28-19-14-18-27(30(28)23-42)17-12-13-20-39(5,6)25-51-36(47)41-32(33(43)44)38(2,3)4/h9-11,14-16,18-19,29,31-32H,8,13,20-25H2,1-7H3,(H,40,46)(H,41,47)(H,43,44)/t29-,31-,32+/m0/s1. The highest BCUT2D eigenvalue weighted by Gasteiger charge is 2.34. The Labute approximate surface area is 305 Å². The Balaban J connectivity index is 1.53. The van der Waals surface area contributed by atoms with Crippen molar-refractivity contribution in [3.63, 3.8) is 0 Å². The molecule has 0 spiro atoms. The van der Waals surface area contributed by atoms with Crippen molar-refractivity contribution < 1.29 is 48.0 Å². The Morgan fingerprint density at radius 1 is 0.923 bits per heavy atom. The summed E-state index contributed by atoms with van der Waals surface area (Å²) in [5.74, 6) is 4.59. The molecule has 0 saturated heterocycles. The second kappa shape index (κ2) is 18.8. The fourth-order valence-corrected chi connectivity index (χ4v) is 5.41. The van der Waals surface area contributed by atoms with Gasteiger partial charge in [-0.3, -0.25) is 4.90 Å². The lowest BCUT2D eigenvalue weighted by Gasteiger charge is -2.28. The molecular weight excluding hydrogens is 670 g/mol. The number of methoxy groups -OCH3 is 1. The first-order chi connectivity index (χ1) is 24.5. The summed E-state index contributed by atoms with van der Waals surface area (Å²) in [7, 11) is 1.21. The van der Waals surface area contributed by atoms with Crippen LogP contribution in [0.2, 0.25) is 0 Å². The van der Waals surface area contributed by atoms with E-state index in [1.807, 2.05) is 69.3 Å². The Morgan fingerprint density at radius 2 is 1.62 bits per heavy atom. The van der Waals surface area contributed by atoms with Crippen LogP contribution in [0.25, 0.3) is 0 Å². The predicted octanol–water partition coefficient (Wildman–Crippen LogP) is 6.16. The number of nitrogens with one attached hydrogen (secondary N) is 2. The molecule has 52 heavy (non-hydrogen) atoms. The number of ether oxygens (including phenoxy) is 4. The first kappa shape index (κ1) is 41.2. The molecule has 0 aliphatic carbocycles. The zero-order valence-corrected chi connectivity index (χ0v) is 31.1. The van der Waals surface area contributed by atoms with Crippen LogP contribution in [0.15, 0.2) is 48.5 Å². The van der Waals surface area contributed by atoms with Crippen LogP contribution in [0, 0.1) is 22.7 Å². The van der Waals surface area contributed by atoms with Crippen molar-refractivity contribution >= 4 is 30.2 Å². The maximum absolute atomic E-state index is 13.3. The van der Waals surface area contributed by atoms with E-state index >= 15 is 0 Å². The summed E-state index contributed by atoms with van der Waals surface area (Å²) in [6, 6.07) is 12.7. The number of benzene rings is 2. The highest BCUT2D eigenvalue weighted by Crippen LogP contribution is 2.28. The number of nitrogens with zero attached hydrogens (tertiary/aromatic N) is 1. The van der Waals surface area contributed by atoms with Gasteiger partial charge in [-0.25, -0.2) is 24.0 Å². The van der Waals surface area contributed by atoms with Gasteiger partial charge in [0.05, 0.1) is 20.3 Å². The average Bonchev–Trinajstić information content (AvgIpc) is 3.55. The lowest BCUT2D eigenvalue weighted by molar-refractivity contribution is -0.144. The molecule has 282 valence electrons. The first-order valence-corrected chi connectivity index (χ1v) is 17.3. The number of fused-ring (bicyclic) bond motifs is 1. The van der Waals surface area contributed by atoms with E-state index < -0.39 is 59.2 Å². The molecule has 13 heteroatoms. The topological polar surface area (TPSA) is 170 Å². The molecule has 1 aliphatic rings. The minimum atomic E-state index is -1.13. The average molecular weight is 722 g/mol. The molecule has 3 rings (SSSR count). The number of carbonyl (C=O) groups is 5. The second-order valence-corrected chi connectivity index (χ2v) is 14.6. The van der Waals surface area contributed by atoms with Gasteiger partial charge < -0.3 is 34.7 Å². The number of alkyl carbamates (subject to hydrolysis) is 2. The number of hydrogen-bond donors (Lipinski definition) is 3. The quantitative estimate of drug-likeness (QED) is 0.117. The van der Waals surface area contributed by atoms with Crippen molar-refractivity contribution in [1.29, 1.82) is 0 Å². The van der Waals surface area contributed by atoms with Gasteiger partial charge in [0.25, 0.3) is 0 Å². The summed E-state index contributed by atoms with van der Waals surface area (Å²) in [6.45, 7) is 11.6. The van der Waals surface area contributed by atoms with Gasteiger partial charge in [-0.05, 0) is 46.4 Å². The molecule has 0 bridgehead atoms. The number of hydrogen-bond acceptors (Lipinski definition) is 9. The number of carboxylic acids is 1. The first-order valence-electron chi connectivity index (χ1n) is 17.3. The summed E-state index contributed by atoms with van der Waals surface area (Å²) >= 11 is 0. The van der Waals surface area contributed by atoms with E-state index in [1.54, 1.807) is 25.7 Å². The summed E-state index contributed by atoms with van der Waals surface area (Å²) in [4.78, 5) is 63.7. The zero-order valence-electron chi connectivity index (χ0n) is 31.1. The van der Waals surface area contributed by atoms with Gasteiger partial charge in [0.15, 0.2) is 0 Å². The SMILES string of the molecule is CC[C@@H](C[C@H](NC(=O)OCc1ccccc1)C(=O)OC)OC(=O)N1Cc2cccc(C#CCCC(C)(C)COC(=O)N[C@H](C(=O)O)C(C)(C)C)c2C1. The van der Waals surface area contributed by atoms with Crippen molar-refractivity contribution in [2.24, 2.45) is 10.8 Å². The summed E-state index contributed by atoms with van der Waals surface area (Å²) in [5, 5.41) is 14.4. The molecule has 13 nitrogen and oxygen atoms in total. The van der Waals surface area contributed by atoms with Crippen LogP contribution >= 0.6 is 0 Å². The molecule has 1 heterocycles. The molecule has 2 aromatic carbocycles. The van der Waals surface area contributed by atoms with E-state index in [0.29, 0.717) is 32.4 Å². The summed E-state index contributed by atoms with van der Waals surface area (Å²) in [6.07, 6.45) is -1.30. The van der Waals surface area contributed by atoms with Crippen LogP contribution in [0.3, 0.4) is 0 Å². The Morgan fingerprint density at radius 3 is 2.25 bits per heavy atom. The van der Waals surface area contributed by atoms with Gasteiger partial charge in [0.1, 0.15) is 24.8 Å². The number of carboxylic acid groups (broad SMARTS) is 1. The van der Waals surface area contributed by atoms with Crippen LogP contribution in [-0.4, -0.2) is 72.1 Å². The van der Waals surface area contributed by atoms with Gasteiger partial charge in [0.2, 0.25) is 0 Å². The predicted molar refractivity (Wildman–Crippen MR) is 192 cm³/mol. The number of amides is 3. The third-order valence-corrected chi connectivity index (χ3v) is 8.57. The van der Waals surface area contributed by atoms with E-state index in [4.69, 9.17) is 18.9 Å². The Hall–Kier alpha value is -5.25. The van der Waals surface area contributed by atoms with Gasteiger partial charge in [-0.1, -0.05) is 95.8 Å². The molecule has 0 unspecified atom stereocenters. The molecule has 0 radical (unpaired) electrons. The monoisotopic (exact) mass is 721 g/mol. The normalized spacial score (nSPS) is 14.0. The molecule has 0 aromatic heterocycles. The number of rotatable bonds is 14. The van der Waals surface area contributed by atoms with E-state index in [2.05, 4.69) is 22.5 Å². The lowest BCUT2D eigenvalue weighted by Crippen LogP contribution is -2.49. The smallest absolute Gasteiger partial charge is 0.410 e. The Bertz CT molecular complexity index is 1620. The fourth-order valence-electron chi connectivity index (χ4n) is 5.41. The van der Waals surface area contributed by atoms with Crippen LogP contribution < -0.4 is 10.6 Å². The molecule has 3 amide bonds. The van der Waals surface area contributed by atoms with Gasteiger partial charge in [-0.2, -0.15) is 0 Å². The number of esters is 1. The van der Waals surface area contributed by atoms with Gasteiger partial charge >= 0.3 is 30.2 Å². The van der Waals surface area contributed by atoms with E-state index in [9.17, 15) is 29.1 Å². The second-order valence-electron chi connectivity index (χ2n) is 14.6. The van der Waals surface area contributed by atoms with Crippen LogP contribution in [0.1, 0.15) is 89.5 Å². The maximum Gasteiger partial charge on any atom is 0.410 e. The Kier molecular flexibility index (Phi) is 14.9. The molecule has 3 N–H and O–H groups in total. The number of aliphatic carboxylic acids is 1. The van der Waals surface area contributed by atoms with Crippen molar-refractivity contribution in [3.05, 3.63) is 70.8 Å². The molecular formula is C39H51N3O10. The molecule has 3 atom stereocenters. The molecule has 2 aromatic rings. The van der Waals surface area contributed by atoms with Crippen molar-refractivity contribution in [3.8, 4) is 11.8 Å². The molecule has 1 aliphatic heterocycles. The largest absolute Gasteiger partial charge is 0.480 e. The van der Waals surface area contributed by atoms with E-state index in [1.165, 1.54) is 7.11 Å².